The molecule has 0 bridgehead atoms. The standard InChI is InChI=1S/C28H27NO4/c1-28(2,3)19-14-16-20(17-15-19)29-24(18-10-6-5-7-11-18)23(26(31)27(29)32)25(30)21-12-8-9-13-22(21)33-4/h5-17,24,30H,1-4H3/b25-23+. The van der Waals surface area contributed by atoms with Crippen LogP contribution in [-0.2, 0) is 15.0 Å². The van der Waals surface area contributed by atoms with Gasteiger partial charge < -0.3 is 9.84 Å². The predicted molar refractivity (Wildman–Crippen MR) is 129 cm³/mol. The molecule has 3 aromatic carbocycles. The van der Waals surface area contributed by atoms with Crippen LogP contribution in [0.4, 0.5) is 5.69 Å². The van der Waals surface area contributed by atoms with Crippen molar-refractivity contribution in [3.8, 4) is 5.75 Å². The predicted octanol–water partition coefficient (Wildman–Crippen LogP) is 5.62. The average molecular weight is 442 g/mol. The fourth-order valence-corrected chi connectivity index (χ4v) is 4.16. The lowest BCUT2D eigenvalue weighted by Crippen LogP contribution is -2.29. The van der Waals surface area contributed by atoms with E-state index in [-0.39, 0.29) is 16.7 Å². The summed E-state index contributed by atoms with van der Waals surface area (Å²) in [6.07, 6.45) is 0. The maximum Gasteiger partial charge on any atom is 0.300 e. The van der Waals surface area contributed by atoms with Crippen LogP contribution in [0.15, 0.2) is 84.4 Å². The third kappa shape index (κ3) is 4.02. The quantitative estimate of drug-likeness (QED) is 0.324. The van der Waals surface area contributed by atoms with E-state index in [1.54, 1.807) is 24.3 Å². The first-order valence-electron chi connectivity index (χ1n) is 10.8. The summed E-state index contributed by atoms with van der Waals surface area (Å²) in [5.74, 6) is -1.24. The molecule has 0 radical (unpaired) electrons. The molecule has 1 aliphatic heterocycles. The topological polar surface area (TPSA) is 66.8 Å². The minimum absolute atomic E-state index is 0.0376. The minimum Gasteiger partial charge on any atom is -0.507 e. The zero-order valence-electron chi connectivity index (χ0n) is 19.2. The van der Waals surface area contributed by atoms with E-state index >= 15 is 0 Å². The number of ketones is 1. The zero-order chi connectivity index (χ0) is 23.8. The molecule has 1 heterocycles. The Hall–Kier alpha value is -3.86. The highest BCUT2D eigenvalue weighted by Gasteiger charge is 2.47. The third-order valence-electron chi connectivity index (χ3n) is 5.93. The number of para-hydroxylation sites is 1. The molecule has 1 fully saturated rings. The highest BCUT2D eigenvalue weighted by molar-refractivity contribution is 6.51. The van der Waals surface area contributed by atoms with Crippen molar-refractivity contribution in [3.63, 3.8) is 0 Å². The lowest BCUT2D eigenvalue weighted by Gasteiger charge is -2.26. The summed E-state index contributed by atoms with van der Waals surface area (Å²) in [7, 11) is 1.50. The second-order valence-electron chi connectivity index (χ2n) is 9.08. The molecule has 0 aromatic heterocycles. The summed E-state index contributed by atoms with van der Waals surface area (Å²) in [5.41, 5.74) is 2.80. The number of Topliss-reactive ketones (excluding diaryl/α,β-unsaturated/α-hetero) is 1. The van der Waals surface area contributed by atoms with Crippen LogP contribution in [0.2, 0.25) is 0 Å². The van der Waals surface area contributed by atoms with E-state index in [4.69, 9.17) is 4.74 Å². The number of aliphatic hydroxyl groups excluding tert-OH is 1. The van der Waals surface area contributed by atoms with Crippen molar-refractivity contribution in [2.75, 3.05) is 12.0 Å². The lowest BCUT2D eigenvalue weighted by molar-refractivity contribution is -0.132. The van der Waals surface area contributed by atoms with Crippen molar-refractivity contribution in [2.24, 2.45) is 0 Å². The first kappa shape index (κ1) is 22.3. The van der Waals surface area contributed by atoms with Crippen molar-refractivity contribution in [3.05, 3.63) is 101 Å². The van der Waals surface area contributed by atoms with Crippen LogP contribution in [0.5, 0.6) is 5.75 Å². The molecule has 1 atom stereocenters. The second kappa shape index (κ2) is 8.58. The number of anilines is 1. The van der Waals surface area contributed by atoms with Gasteiger partial charge in [-0.1, -0.05) is 75.4 Å². The summed E-state index contributed by atoms with van der Waals surface area (Å²) in [6.45, 7) is 6.35. The van der Waals surface area contributed by atoms with Crippen LogP contribution < -0.4 is 9.64 Å². The van der Waals surface area contributed by atoms with Gasteiger partial charge in [-0.3, -0.25) is 14.5 Å². The van der Waals surface area contributed by atoms with Crippen molar-refractivity contribution < 1.29 is 19.4 Å². The first-order chi connectivity index (χ1) is 15.7. The maximum absolute atomic E-state index is 13.3. The van der Waals surface area contributed by atoms with Crippen molar-refractivity contribution in [2.45, 2.75) is 32.2 Å². The van der Waals surface area contributed by atoms with E-state index in [0.717, 1.165) is 11.1 Å². The molecular formula is C28H27NO4. The van der Waals surface area contributed by atoms with E-state index in [1.807, 2.05) is 54.6 Å². The molecule has 5 heteroatoms. The Kier molecular flexibility index (Phi) is 5.81. The fraction of sp³-hybridized carbons (Fsp3) is 0.214. The smallest absolute Gasteiger partial charge is 0.300 e. The van der Waals surface area contributed by atoms with E-state index in [1.165, 1.54) is 12.0 Å². The molecule has 5 nitrogen and oxygen atoms in total. The van der Waals surface area contributed by atoms with Gasteiger partial charge in [0.25, 0.3) is 11.7 Å². The summed E-state index contributed by atoms with van der Waals surface area (Å²) in [5, 5.41) is 11.3. The number of carbonyl (C=O) groups excluding carboxylic acids is 2. The molecule has 0 saturated carbocycles. The number of aliphatic hydroxyl groups is 1. The Morgan fingerprint density at radius 1 is 0.879 bits per heavy atom. The van der Waals surface area contributed by atoms with Gasteiger partial charge in [0.1, 0.15) is 11.5 Å². The normalized spacial score (nSPS) is 17.9. The number of hydrogen-bond acceptors (Lipinski definition) is 4. The number of rotatable bonds is 4. The van der Waals surface area contributed by atoms with E-state index in [2.05, 4.69) is 20.8 Å². The Morgan fingerprint density at radius 3 is 2.09 bits per heavy atom. The monoisotopic (exact) mass is 441 g/mol. The van der Waals surface area contributed by atoms with Crippen LogP contribution in [0, 0.1) is 0 Å². The van der Waals surface area contributed by atoms with Crippen LogP contribution in [-0.4, -0.2) is 23.9 Å². The van der Waals surface area contributed by atoms with Gasteiger partial charge in [0, 0.05) is 5.69 Å². The number of hydrogen-bond donors (Lipinski definition) is 1. The van der Waals surface area contributed by atoms with E-state index in [9.17, 15) is 14.7 Å². The van der Waals surface area contributed by atoms with Gasteiger partial charge in [-0.2, -0.15) is 0 Å². The summed E-state index contributed by atoms with van der Waals surface area (Å²) >= 11 is 0. The lowest BCUT2D eigenvalue weighted by atomic mass is 9.87. The maximum atomic E-state index is 13.3. The number of amides is 1. The molecule has 3 aromatic rings. The number of ether oxygens (including phenoxy) is 1. The van der Waals surface area contributed by atoms with Gasteiger partial charge >= 0.3 is 0 Å². The molecule has 4 rings (SSSR count). The fourth-order valence-electron chi connectivity index (χ4n) is 4.16. The largest absolute Gasteiger partial charge is 0.507 e. The molecular weight excluding hydrogens is 414 g/mol. The Labute approximate surface area is 193 Å². The molecule has 1 aliphatic rings. The highest BCUT2D eigenvalue weighted by atomic mass is 16.5. The van der Waals surface area contributed by atoms with Gasteiger partial charge in [0.2, 0.25) is 0 Å². The Morgan fingerprint density at radius 2 is 1.48 bits per heavy atom. The van der Waals surface area contributed by atoms with Crippen molar-refractivity contribution >= 4 is 23.1 Å². The Balaban J connectivity index is 1.91. The minimum atomic E-state index is -0.767. The number of carbonyl (C=O) groups is 2. The number of nitrogens with zero attached hydrogens (tertiary/aromatic N) is 1. The molecule has 1 saturated heterocycles. The Bertz CT molecular complexity index is 1220. The molecule has 0 spiro atoms. The molecule has 33 heavy (non-hydrogen) atoms. The van der Waals surface area contributed by atoms with Gasteiger partial charge in [-0.15, -0.1) is 0 Å². The molecule has 1 unspecified atom stereocenters. The first-order valence-corrected chi connectivity index (χ1v) is 10.8. The van der Waals surface area contributed by atoms with Crippen LogP contribution >= 0.6 is 0 Å². The summed E-state index contributed by atoms with van der Waals surface area (Å²) in [4.78, 5) is 28.0. The van der Waals surface area contributed by atoms with Crippen LogP contribution in [0.1, 0.15) is 43.5 Å². The van der Waals surface area contributed by atoms with Crippen molar-refractivity contribution in [1.82, 2.24) is 0 Å². The average Bonchev–Trinajstić information content (AvgIpc) is 3.09. The summed E-state index contributed by atoms with van der Waals surface area (Å²) < 4.78 is 5.38. The van der Waals surface area contributed by atoms with Gasteiger partial charge in [-0.25, -0.2) is 0 Å². The molecule has 168 valence electrons. The zero-order valence-corrected chi connectivity index (χ0v) is 19.2. The van der Waals surface area contributed by atoms with Crippen LogP contribution in [0.25, 0.3) is 5.76 Å². The molecule has 0 aliphatic carbocycles. The molecule has 1 N–H and O–H groups in total. The number of methoxy groups -OCH3 is 1. The van der Waals surface area contributed by atoms with Gasteiger partial charge in [0.05, 0.1) is 24.3 Å². The van der Waals surface area contributed by atoms with E-state index in [0.29, 0.717) is 17.0 Å². The van der Waals surface area contributed by atoms with Crippen LogP contribution in [0.3, 0.4) is 0 Å². The third-order valence-corrected chi connectivity index (χ3v) is 5.93. The second-order valence-corrected chi connectivity index (χ2v) is 9.08. The van der Waals surface area contributed by atoms with Gasteiger partial charge in [0.15, 0.2) is 0 Å². The summed E-state index contributed by atoms with van der Waals surface area (Å²) in [6, 6.07) is 23.0. The van der Waals surface area contributed by atoms with Gasteiger partial charge in [-0.05, 0) is 40.8 Å². The molecule has 1 amide bonds. The van der Waals surface area contributed by atoms with E-state index < -0.39 is 17.7 Å². The highest BCUT2D eigenvalue weighted by Crippen LogP contribution is 2.43. The van der Waals surface area contributed by atoms with Crippen molar-refractivity contribution in [1.29, 1.82) is 0 Å². The number of benzene rings is 3. The SMILES string of the molecule is COc1ccccc1/C(O)=C1\C(=O)C(=O)N(c2ccc(C(C)(C)C)cc2)C1c1ccccc1.